The number of pyridine rings is 2. The Balaban J connectivity index is 1.16. The first-order valence-corrected chi connectivity index (χ1v) is 23.6. The highest BCUT2D eigenvalue weighted by atomic mass is 31.2. The number of hydrogen-bond donors (Lipinski definition) is 0. The van der Waals surface area contributed by atoms with Crippen molar-refractivity contribution in [1.82, 2.24) is 9.97 Å². The normalized spacial score (nSPS) is 17.1. The summed E-state index contributed by atoms with van der Waals surface area (Å²) < 4.78 is 23.4. The predicted molar refractivity (Wildman–Crippen MR) is 265 cm³/mol. The van der Waals surface area contributed by atoms with E-state index >= 15 is 4.57 Å². The molecule has 65 heavy (non-hydrogen) atoms. The van der Waals surface area contributed by atoms with E-state index in [1.165, 1.54) is 0 Å². The standard InChI is InChI=1S/C59H38N3O2P/c63-65(44-22-8-3-9-23-44)57-29-15-12-26-49(57)59(50-36-46-45-24-10-14-28-55(45)64-56(46)37-58(50)65)47-25-11-13-27-53(47)62(43-20-6-2-7-21-43)54-35-40(30-31-48(54)59)42-33-51(39-17-4-1-5-18-39)61-52(34-42)41-19-16-32-60-38-41/h1-38H. The van der Waals surface area contributed by atoms with Gasteiger partial charge in [-0.3, -0.25) is 4.98 Å². The molecule has 5 nitrogen and oxygen atoms in total. The van der Waals surface area contributed by atoms with Crippen molar-refractivity contribution in [1.29, 1.82) is 0 Å². The number of fused-ring (bicyclic) bond motifs is 11. The van der Waals surface area contributed by atoms with Gasteiger partial charge in [0.05, 0.1) is 28.2 Å². The summed E-state index contributed by atoms with van der Waals surface area (Å²) in [5.74, 6) is 0. The van der Waals surface area contributed by atoms with E-state index in [4.69, 9.17) is 9.40 Å². The fraction of sp³-hybridized carbons (Fsp3) is 0.0169. The maximum Gasteiger partial charge on any atom is 0.171 e. The highest BCUT2D eigenvalue weighted by Gasteiger charge is 2.55. The summed E-state index contributed by atoms with van der Waals surface area (Å²) in [5, 5.41) is 4.42. The maximum atomic E-state index is 16.7. The Morgan fingerprint density at radius 2 is 1.11 bits per heavy atom. The Kier molecular flexibility index (Phi) is 8.33. The van der Waals surface area contributed by atoms with E-state index in [0.717, 1.165) is 111 Å². The fourth-order valence-corrected chi connectivity index (χ4v) is 13.8. The lowest BCUT2D eigenvalue weighted by Gasteiger charge is -2.50. The van der Waals surface area contributed by atoms with Gasteiger partial charge in [-0.2, -0.15) is 0 Å². The number of benzene rings is 8. The molecule has 0 N–H and O–H groups in total. The lowest BCUT2D eigenvalue weighted by molar-refractivity contribution is 0.590. The smallest absolute Gasteiger partial charge is 0.171 e. The number of anilines is 3. The summed E-state index contributed by atoms with van der Waals surface area (Å²) in [5.41, 5.74) is 13.7. The van der Waals surface area contributed by atoms with Crippen LogP contribution in [0.1, 0.15) is 22.3 Å². The Morgan fingerprint density at radius 1 is 0.446 bits per heavy atom. The predicted octanol–water partition coefficient (Wildman–Crippen LogP) is 13.5. The van der Waals surface area contributed by atoms with Gasteiger partial charge in [-0.25, -0.2) is 4.98 Å². The first-order chi connectivity index (χ1) is 32.1. The van der Waals surface area contributed by atoms with Gasteiger partial charge in [0.15, 0.2) is 7.14 Å². The van der Waals surface area contributed by atoms with Crippen LogP contribution in [-0.4, -0.2) is 9.97 Å². The third-order valence-corrected chi connectivity index (χ3v) is 16.5. The number of hydrogen-bond acceptors (Lipinski definition) is 5. The van der Waals surface area contributed by atoms with Gasteiger partial charge in [0.2, 0.25) is 0 Å². The second-order valence-corrected chi connectivity index (χ2v) is 19.5. The molecule has 11 aromatic rings. The van der Waals surface area contributed by atoms with Crippen LogP contribution in [0.15, 0.2) is 235 Å². The van der Waals surface area contributed by atoms with Gasteiger partial charge in [-0.05, 0) is 100 Å². The zero-order valence-electron chi connectivity index (χ0n) is 35.0. The van der Waals surface area contributed by atoms with Crippen LogP contribution in [0, 0.1) is 0 Å². The molecular weight excluding hydrogens is 814 g/mol. The van der Waals surface area contributed by atoms with Gasteiger partial charge >= 0.3 is 0 Å². The van der Waals surface area contributed by atoms with Crippen LogP contribution in [0.4, 0.5) is 17.1 Å². The van der Waals surface area contributed by atoms with Gasteiger partial charge in [0.1, 0.15) is 11.2 Å². The number of aromatic nitrogens is 2. The van der Waals surface area contributed by atoms with E-state index in [1.807, 2.05) is 66.9 Å². The highest BCUT2D eigenvalue weighted by Crippen LogP contribution is 2.63. The van der Waals surface area contributed by atoms with Crippen LogP contribution in [-0.2, 0) is 9.98 Å². The van der Waals surface area contributed by atoms with Crippen molar-refractivity contribution >= 4 is 62.1 Å². The van der Waals surface area contributed by atoms with Crippen LogP contribution in [0.2, 0.25) is 0 Å². The number of nitrogens with zero attached hydrogens (tertiary/aromatic N) is 3. The number of rotatable bonds is 5. The molecule has 2 aliphatic rings. The minimum atomic E-state index is -3.50. The molecule has 6 heteroatoms. The molecule has 5 heterocycles. The average Bonchev–Trinajstić information content (AvgIpc) is 3.75. The van der Waals surface area contributed by atoms with Crippen molar-refractivity contribution in [2.45, 2.75) is 5.41 Å². The summed E-state index contributed by atoms with van der Waals surface area (Å²) >= 11 is 0. The van der Waals surface area contributed by atoms with Gasteiger partial charge in [0, 0.05) is 55.9 Å². The molecule has 13 rings (SSSR count). The Hall–Kier alpha value is -8.11. The van der Waals surface area contributed by atoms with E-state index in [2.05, 4.69) is 168 Å². The molecule has 0 fully saturated rings. The Bertz CT molecular complexity index is 3650. The van der Waals surface area contributed by atoms with E-state index in [-0.39, 0.29) is 0 Å². The molecule has 306 valence electrons. The van der Waals surface area contributed by atoms with Crippen LogP contribution in [0.25, 0.3) is 55.6 Å². The van der Waals surface area contributed by atoms with Crippen molar-refractivity contribution < 1.29 is 8.98 Å². The van der Waals surface area contributed by atoms with Gasteiger partial charge < -0.3 is 13.9 Å². The molecule has 0 saturated heterocycles. The van der Waals surface area contributed by atoms with Gasteiger partial charge in [-0.15, -0.1) is 0 Å². The molecule has 1 spiro atoms. The largest absolute Gasteiger partial charge is 0.456 e. The third-order valence-electron chi connectivity index (χ3n) is 13.4. The monoisotopic (exact) mass is 851 g/mol. The van der Waals surface area contributed by atoms with Crippen LogP contribution < -0.4 is 20.8 Å². The minimum absolute atomic E-state index is 0.720. The Morgan fingerprint density at radius 3 is 1.91 bits per heavy atom. The molecule has 0 bridgehead atoms. The first-order valence-electron chi connectivity index (χ1n) is 21.9. The zero-order chi connectivity index (χ0) is 43.1. The van der Waals surface area contributed by atoms with Crippen LogP contribution in [0.5, 0.6) is 0 Å². The second kappa shape index (κ2) is 14.5. The number of furan rings is 1. The molecule has 0 aliphatic carbocycles. The Labute approximate surface area is 376 Å². The molecular formula is C59H38N3O2P. The van der Waals surface area contributed by atoms with Crippen molar-refractivity contribution in [2.24, 2.45) is 0 Å². The fourth-order valence-electron chi connectivity index (χ4n) is 10.6. The van der Waals surface area contributed by atoms with Crippen molar-refractivity contribution in [3.63, 3.8) is 0 Å². The molecule has 0 saturated carbocycles. The van der Waals surface area contributed by atoms with Gasteiger partial charge in [-0.1, -0.05) is 152 Å². The van der Waals surface area contributed by atoms with Crippen molar-refractivity contribution in [2.75, 3.05) is 4.90 Å². The molecule has 0 amide bonds. The quantitative estimate of drug-likeness (QED) is 0.161. The van der Waals surface area contributed by atoms with E-state index < -0.39 is 12.6 Å². The first kappa shape index (κ1) is 37.4. The summed E-state index contributed by atoms with van der Waals surface area (Å²) in [7, 11) is -3.50. The topological polar surface area (TPSA) is 59.2 Å². The molecule has 2 atom stereocenters. The molecule has 2 unspecified atom stereocenters. The van der Waals surface area contributed by atoms with E-state index in [0.29, 0.717) is 0 Å². The van der Waals surface area contributed by atoms with Crippen LogP contribution >= 0.6 is 7.14 Å². The summed E-state index contributed by atoms with van der Waals surface area (Å²) in [6.45, 7) is 0. The lowest BCUT2D eigenvalue weighted by Crippen LogP contribution is -2.49. The molecule has 8 aromatic carbocycles. The second-order valence-electron chi connectivity index (χ2n) is 16.8. The average molecular weight is 852 g/mol. The SMILES string of the molecule is O=P1(c2ccccc2)c2ccccc2C2(c3ccccc3N(c3ccccc3)c3cc(-c4cc(-c5ccccc5)nc(-c5cccnc5)c4)ccc32)c2cc3c(cc21)oc1ccccc13. The van der Waals surface area contributed by atoms with Crippen LogP contribution in [0.3, 0.4) is 0 Å². The molecule has 0 radical (unpaired) electrons. The number of para-hydroxylation sites is 3. The lowest BCUT2D eigenvalue weighted by atomic mass is 9.61. The van der Waals surface area contributed by atoms with E-state index in [9.17, 15) is 0 Å². The summed E-state index contributed by atoms with van der Waals surface area (Å²) in [6, 6.07) is 76.1. The summed E-state index contributed by atoms with van der Waals surface area (Å²) in [6.07, 6.45) is 3.67. The highest BCUT2D eigenvalue weighted by molar-refractivity contribution is 7.85. The zero-order valence-corrected chi connectivity index (χ0v) is 35.9. The molecule has 2 aliphatic heterocycles. The maximum absolute atomic E-state index is 16.7. The molecule has 3 aromatic heterocycles. The minimum Gasteiger partial charge on any atom is -0.456 e. The van der Waals surface area contributed by atoms with Crippen molar-refractivity contribution in [3.05, 3.63) is 253 Å². The van der Waals surface area contributed by atoms with E-state index in [1.54, 1.807) is 6.20 Å². The van der Waals surface area contributed by atoms with Crippen molar-refractivity contribution in [3.8, 4) is 33.6 Å². The third kappa shape index (κ3) is 5.49. The van der Waals surface area contributed by atoms with Gasteiger partial charge in [0.25, 0.3) is 0 Å². The summed E-state index contributed by atoms with van der Waals surface area (Å²) in [4.78, 5) is 12.1.